The molecule has 3 aliphatic rings. The third-order valence-corrected chi connectivity index (χ3v) is 5.28. The summed E-state index contributed by atoms with van der Waals surface area (Å²) in [6, 6.07) is 0. The average molecular weight is 219 g/mol. The van der Waals surface area contributed by atoms with Crippen LogP contribution in [-0.2, 0) is 0 Å². The van der Waals surface area contributed by atoms with Crippen LogP contribution in [0.15, 0.2) is 12.2 Å². The zero-order valence-electron chi connectivity index (χ0n) is 10.8. The fourth-order valence-corrected chi connectivity index (χ4v) is 4.12. The lowest BCUT2D eigenvalue weighted by Crippen LogP contribution is -2.43. The first-order chi connectivity index (χ1) is 7.70. The smallest absolute Gasteiger partial charge is 0.0398 e. The standard InChI is InChI=1S/C15H25N/c1-12(2)14-9-13(10-14)11-15-5-3-7-16(15)8-4-6-15/h3,5,12-14H,4,6-11H2,1-2H3. The van der Waals surface area contributed by atoms with Gasteiger partial charge < -0.3 is 0 Å². The van der Waals surface area contributed by atoms with Gasteiger partial charge in [-0.2, -0.15) is 0 Å². The van der Waals surface area contributed by atoms with Crippen molar-refractivity contribution in [3.8, 4) is 0 Å². The van der Waals surface area contributed by atoms with Crippen molar-refractivity contribution in [2.24, 2.45) is 17.8 Å². The van der Waals surface area contributed by atoms with E-state index in [9.17, 15) is 0 Å². The van der Waals surface area contributed by atoms with E-state index in [1.807, 2.05) is 0 Å². The number of nitrogens with zero attached hydrogens (tertiary/aromatic N) is 1. The van der Waals surface area contributed by atoms with Gasteiger partial charge in [-0.05, 0) is 56.4 Å². The maximum Gasteiger partial charge on any atom is 0.0398 e. The highest BCUT2D eigenvalue weighted by atomic mass is 15.2. The highest BCUT2D eigenvalue weighted by Crippen LogP contribution is 2.47. The van der Waals surface area contributed by atoms with Crippen molar-refractivity contribution in [2.45, 2.75) is 51.5 Å². The van der Waals surface area contributed by atoms with Crippen LogP contribution in [0.2, 0.25) is 0 Å². The summed E-state index contributed by atoms with van der Waals surface area (Å²) in [6.07, 6.45) is 12.2. The van der Waals surface area contributed by atoms with E-state index in [-0.39, 0.29) is 0 Å². The minimum Gasteiger partial charge on any atom is -0.291 e. The molecule has 0 aromatic heterocycles. The van der Waals surface area contributed by atoms with E-state index in [1.165, 1.54) is 45.2 Å². The van der Waals surface area contributed by atoms with Crippen LogP contribution in [0.5, 0.6) is 0 Å². The van der Waals surface area contributed by atoms with Gasteiger partial charge in [-0.3, -0.25) is 4.90 Å². The molecule has 90 valence electrons. The molecule has 1 aliphatic carbocycles. The summed E-state index contributed by atoms with van der Waals surface area (Å²) in [4.78, 5) is 2.72. The average Bonchev–Trinajstić information content (AvgIpc) is 2.67. The molecule has 16 heavy (non-hydrogen) atoms. The topological polar surface area (TPSA) is 3.24 Å². The fourth-order valence-electron chi connectivity index (χ4n) is 4.12. The van der Waals surface area contributed by atoms with Gasteiger partial charge in [-0.1, -0.05) is 26.0 Å². The molecule has 0 bridgehead atoms. The van der Waals surface area contributed by atoms with E-state index in [1.54, 1.807) is 0 Å². The van der Waals surface area contributed by atoms with Crippen LogP contribution >= 0.6 is 0 Å². The number of fused-ring (bicyclic) bond motifs is 1. The van der Waals surface area contributed by atoms with Gasteiger partial charge in [0, 0.05) is 12.1 Å². The summed E-state index contributed by atoms with van der Waals surface area (Å²) in [5.74, 6) is 2.96. The van der Waals surface area contributed by atoms with Crippen LogP contribution in [0.3, 0.4) is 0 Å². The van der Waals surface area contributed by atoms with Crippen LogP contribution in [0.25, 0.3) is 0 Å². The molecule has 1 heteroatoms. The van der Waals surface area contributed by atoms with E-state index in [0.29, 0.717) is 5.54 Å². The molecule has 1 nitrogen and oxygen atoms in total. The van der Waals surface area contributed by atoms with E-state index in [2.05, 4.69) is 30.9 Å². The lowest BCUT2D eigenvalue weighted by atomic mass is 9.65. The summed E-state index contributed by atoms with van der Waals surface area (Å²) in [7, 11) is 0. The summed E-state index contributed by atoms with van der Waals surface area (Å²) >= 11 is 0. The Morgan fingerprint density at radius 3 is 2.94 bits per heavy atom. The molecular formula is C15H25N. The van der Waals surface area contributed by atoms with Gasteiger partial charge in [0.15, 0.2) is 0 Å². The summed E-state index contributed by atoms with van der Waals surface area (Å²) in [6.45, 7) is 7.33. The van der Waals surface area contributed by atoms with Crippen molar-refractivity contribution < 1.29 is 0 Å². The van der Waals surface area contributed by atoms with Crippen molar-refractivity contribution in [1.82, 2.24) is 4.90 Å². The van der Waals surface area contributed by atoms with E-state index in [0.717, 1.165) is 17.8 Å². The van der Waals surface area contributed by atoms with Crippen LogP contribution < -0.4 is 0 Å². The second kappa shape index (κ2) is 3.87. The Kier molecular flexibility index (Phi) is 2.62. The molecule has 1 saturated carbocycles. The van der Waals surface area contributed by atoms with E-state index < -0.39 is 0 Å². The van der Waals surface area contributed by atoms with E-state index >= 15 is 0 Å². The first-order valence-electron chi connectivity index (χ1n) is 7.12. The Morgan fingerprint density at radius 2 is 2.19 bits per heavy atom. The molecule has 1 saturated heterocycles. The molecule has 3 rings (SSSR count). The van der Waals surface area contributed by atoms with Crippen LogP contribution in [-0.4, -0.2) is 23.5 Å². The zero-order valence-corrected chi connectivity index (χ0v) is 10.8. The quantitative estimate of drug-likeness (QED) is 0.657. The minimum absolute atomic E-state index is 0.507. The van der Waals surface area contributed by atoms with Gasteiger partial charge in [0.2, 0.25) is 0 Å². The molecule has 0 spiro atoms. The van der Waals surface area contributed by atoms with Crippen LogP contribution in [0, 0.1) is 17.8 Å². The van der Waals surface area contributed by atoms with Crippen molar-refractivity contribution in [1.29, 1.82) is 0 Å². The second-order valence-electron chi connectivity index (χ2n) is 6.60. The Bertz CT molecular complexity index is 288. The third kappa shape index (κ3) is 1.64. The third-order valence-electron chi connectivity index (χ3n) is 5.28. The largest absolute Gasteiger partial charge is 0.291 e. The molecule has 0 N–H and O–H groups in total. The molecule has 0 radical (unpaired) electrons. The molecule has 0 aromatic carbocycles. The Labute approximate surface area is 99.9 Å². The fraction of sp³-hybridized carbons (Fsp3) is 0.867. The first-order valence-corrected chi connectivity index (χ1v) is 7.12. The molecule has 1 atom stereocenters. The van der Waals surface area contributed by atoms with Gasteiger partial charge in [0.25, 0.3) is 0 Å². The molecule has 2 heterocycles. The van der Waals surface area contributed by atoms with Crippen LogP contribution in [0.4, 0.5) is 0 Å². The molecular weight excluding hydrogens is 194 g/mol. The molecule has 2 fully saturated rings. The van der Waals surface area contributed by atoms with Crippen molar-refractivity contribution >= 4 is 0 Å². The predicted molar refractivity (Wildman–Crippen MR) is 68.3 cm³/mol. The minimum atomic E-state index is 0.507. The maximum atomic E-state index is 2.72. The first kappa shape index (κ1) is 10.8. The van der Waals surface area contributed by atoms with Crippen molar-refractivity contribution in [3.05, 3.63) is 12.2 Å². The SMILES string of the molecule is CC(C)C1CC(CC23C=CCN2CCC3)C1. The van der Waals surface area contributed by atoms with Crippen molar-refractivity contribution in [2.75, 3.05) is 13.1 Å². The second-order valence-corrected chi connectivity index (χ2v) is 6.60. The molecule has 1 unspecified atom stereocenters. The van der Waals surface area contributed by atoms with Gasteiger partial charge >= 0.3 is 0 Å². The Balaban J connectivity index is 1.58. The van der Waals surface area contributed by atoms with Gasteiger partial charge in [0.1, 0.15) is 0 Å². The van der Waals surface area contributed by atoms with E-state index in [4.69, 9.17) is 0 Å². The summed E-state index contributed by atoms with van der Waals surface area (Å²) < 4.78 is 0. The maximum absolute atomic E-state index is 2.72. The molecule has 2 aliphatic heterocycles. The number of hydrogen-bond acceptors (Lipinski definition) is 1. The highest BCUT2D eigenvalue weighted by Gasteiger charge is 2.44. The predicted octanol–water partition coefficient (Wildman–Crippen LogP) is 3.46. The van der Waals surface area contributed by atoms with Gasteiger partial charge in [-0.15, -0.1) is 0 Å². The Hall–Kier alpha value is -0.300. The highest BCUT2D eigenvalue weighted by molar-refractivity contribution is 5.18. The normalized spacial score (nSPS) is 42.7. The van der Waals surface area contributed by atoms with Gasteiger partial charge in [0.05, 0.1) is 0 Å². The summed E-state index contributed by atoms with van der Waals surface area (Å²) in [5, 5.41) is 0. The molecule has 0 aromatic rings. The zero-order chi connectivity index (χ0) is 11.2. The van der Waals surface area contributed by atoms with Crippen molar-refractivity contribution in [3.63, 3.8) is 0 Å². The van der Waals surface area contributed by atoms with Crippen LogP contribution in [0.1, 0.15) is 46.0 Å². The van der Waals surface area contributed by atoms with Gasteiger partial charge in [-0.25, -0.2) is 0 Å². The Morgan fingerprint density at radius 1 is 1.38 bits per heavy atom. The molecule has 0 amide bonds. The lowest BCUT2D eigenvalue weighted by molar-refractivity contribution is 0.0841. The lowest BCUT2D eigenvalue weighted by Gasteiger charge is -2.43. The summed E-state index contributed by atoms with van der Waals surface area (Å²) in [5.41, 5.74) is 0.507. The number of hydrogen-bond donors (Lipinski definition) is 0. The monoisotopic (exact) mass is 219 g/mol. The number of rotatable bonds is 3.